The highest BCUT2D eigenvalue weighted by Crippen LogP contribution is 2.31. The Morgan fingerprint density at radius 2 is 0.871 bits per heavy atom. The number of alkyl halides is 1. The molecule has 12 rings (SSSR count). The molecule has 0 aliphatic carbocycles. The highest BCUT2D eigenvalue weighted by Gasteiger charge is 2.41. The zero-order chi connectivity index (χ0) is 73.2. The summed E-state index contributed by atoms with van der Waals surface area (Å²) in [5.74, 6) is -3.95. The molecule has 32 nitrogen and oxygen atoms in total. The molecule has 2 aliphatic rings. The minimum absolute atomic E-state index is 0.0496. The van der Waals surface area contributed by atoms with Crippen molar-refractivity contribution in [3.63, 3.8) is 0 Å². The van der Waals surface area contributed by atoms with Gasteiger partial charge >= 0.3 is 0 Å². The predicted octanol–water partition coefficient (Wildman–Crippen LogP) is 5.95. The number of allylic oxidation sites excluding steroid dienone is 1. The number of aromatic nitrogens is 7. The number of nitrogen functional groups attached to an aromatic ring is 1. The normalized spacial score (nSPS) is 11.7. The number of rotatable bonds is 18. The van der Waals surface area contributed by atoms with Crippen molar-refractivity contribution >= 4 is 104 Å². The quantitative estimate of drug-likeness (QED) is 0.0204. The first-order valence-corrected chi connectivity index (χ1v) is 31.1. The first kappa shape index (κ1) is 73.2. The lowest BCUT2D eigenvalue weighted by atomic mass is 10.1. The van der Waals surface area contributed by atoms with Crippen molar-refractivity contribution in [2.24, 2.45) is 0 Å². The van der Waals surface area contributed by atoms with Gasteiger partial charge in [-0.2, -0.15) is 0 Å². The van der Waals surface area contributed by atoms with E-state index in [9.17, 15) is 62.3 Å². The summed E-state index contributed by atoms with van der Waals surface area (Å²) in [7, 11) is 10.9. The van der Waals surface area contributed by atoms with E-state index in [1.165, 1.54) is 76.5 Å². The predicted molar refractivity (Wildman–Crippen MR) is 368 cm³/mol. The Bertz CT molecular complexity index is 4730. The molecule has 10 aromatic rings. The number of anilines is 2. The summed E-state index contributed by atoms with van der Waals surface area (Å²) < 4.78 is 10.1. The Hall–Kier alpha value is -13.6. The van der Waals surface area contributed by atoms with Crippen molar-refractivity contribution < 1.29 is 71.4 Å². The number of carbonyl (C=O) groups is 13. The Morgan fingerprint density at radius 3 is 1.31 bits per heavy atom. The molecule has 9 heterocycles. The first-order chi connectivity index (χ1) is 48.5. The fraction of sp³-hybridized carbons (Fsp3) is 0.132. The van der Waals surface area contributed by atoms with Gasteiger partial charge in [-0.15, -0.1) is 0 Å². The fourth-order valence-electron chi connectivity index (χ4n) is 9.52. The molecule has 101 heavy (non-hydrogen) atoms. The van der Waals surface area contributed by atoms with E-state index in [4.69, 9.17) is 14.8 Å². The van der Waals surface area contributed by atoms with E-state index < -0.39 is 35.2 Å². The Morgan fingerprint density at radius 1 is 0.485 bits per heavy atom. The van der Waals surface area contributed by atoms with Crippen LogP contribution in [0.4, 0.5) is 11.4 Å². The number of benzene rings is 3. The van der Waals surface area contributed by atoms with Crippen LogP contribution < -0.4 is 37.6 Å². The van der Waals surface area contributed by atoms with E-state index in [-0.39, 0.29) is 92.4 Å². The van der Waals surface area contributed by atoms with Crippen molar-refractivity contribution in [1.82, 2.24) is 76.5 Å². The van der Waals surface area contributed by atoms with Crippen molar-refractivity contribution in [2.75, 3.05) is 72.3 Å². The monoisotopic (exact) mass is 1440 g/mol. The van der Waals surface area contributed by atoms with Crippen LogP contribution in [0, 0.1) is 0 Å². The lowest BCUT2D eigenvalue weighted by Crippen LogP contribution is -2.34. The van der Waals surface area contributed by atoms with Crippen molar-refractivity contribution in [3.8, 4) is 22.6 Å². The highest BCUT2D eigenvalue weighted by molar-refractivity contribution is 9.09. The summed E-state index contributed by atoms with van der Waals surface area (Å²) in [6, 6.07) is 29.2. The van der Waals surface area contributed by atoms with Crippen LogP contribution >= 0.6 is 15.9 Å². The van der Waals surface area contributed by atoms with Crippen molar-refractivity contribution in [3.05, 3.63) is 237 Å². The van der Waals surface area contributed by atoms with Crippen LogP contribution in [0.1, 0.15) is 135 Å². The minimum atomic E-state index is -0.556. The third-order valence-electron chi connectivity index (χ3n) is 14.6. The molecule has 10 amide bonds. The largest absolute Gasteiger partial charge is 0.394 e. The maximum absolute atomic E-state index is 13.0. The maximum atomic E-state index is 13.0. The molecule has 0 atom stereocenters. The van der Waals surface area contributed by atoms with Gasteiger partial charge in [0.05, 0.1) is 46.5 Å². The molecule has 0 fully saturated rings. The average Bonchev–Trinajstić information content (AvgIpc) is 1.64. The number of H-pyrrole nitrogens is 5. The van der Waals surface area contributed by atoms with E-state index in [0.717, 1.165) is 9.80 Å². The van der Waals surface area contributed by atoms with Gasteiger partial charge in [0.15, 0.2) is 23.1 Å². The van der Waals surface area contributed by atoms with Crippen LogP contribution in [0.5, 0.6) is 0 Å². The van der Waals surface area contributed by atoms with Crippen LogP contribution in [-0.2, 0) is 0 Å². The zero-order valence-corrected chi connectivity index (χ0v) is 56.3. The third-order valence-corrected chi connectivity index (χ3v) is 15.1. The van der Waals surface area contributed by atoms with Gasteiger partial charge in [0, 0.05) is 120 Å². The number of halogens is 1. The van der Waals surface area contributed by atoms with Gasteiger partial charge in [0.2, 0.25) is 5.78 Å². The van der Waals surface area contributed by atoms with Crippen LogP contribution in [0.3, 0.4) is 0 Å². The van der Waals surface area contributed by atoms with Crippen LogP contribution in [0.15, 0.2) is 174 Å². The molecule has 0 spiro atoms. The van der Waals surface area contributed by atoms with Crippen LogP contribution in [0.25, 0.3) is 22.6 Å². The summed E-state index contributed by atoms with van der Waals surface area (Å²) in [6.45, 7) is -0.364. The molecule has 0 saturated carbocycles. The number of carbonyl (C=O) groups excluding carboxylic acids is 13. The lowest BCUT2D eigenvalue weighted by molar-refractivity contribution is 0.0622. The summed E-state index contributed by atoms with van der Waals surface area (Å²) in [5.41, 5.74) is 11.9. The van der Waals surface area contributed by atoms with Gasteiger partial charge < -0.3 is 76.5 Å². The van der Waals surface area contributed by atoms with Gasteiger partial charge in [0.25, 0.3) is 59.1 Å². The summed E-state index contributed by atoms with van der Waals surface area (Å²) in [4.78, 5) is 173. The standard InChI is InChI=1S/C19H18N4O4.C16H14N4O3.C16H13N3O4.C9H10N4O2.C8H9BrN2O2/c1-20-17(25)14-8-11(9-21-14)16(24)15(10-22(2)3)23-18(26)12-6-4-5-7-13(12)19(23)27;1-17-16(22)12-7-11(8-18-12)14-13(9-19-23-14)20-15(21)10-5-3-2-4-6-10;1-17-14(21)12-6-9(7-18-12)13(20)8-19-15(22)10-4-2-3-5-11(10)16(19)23;1-11-9(14)7-2-5(3-12-7)8-6(10)4-13-15-8;1-10-8(13)6-2-5(4-11-6)7(12)3-9/h4-10,21H,1-3H3,(H,20,25);2-9,18H,1H3,(H,17,22)(H,20,21);2-7,18H,8H2,1H3,(H,17,21);2-4,12H,10H2,1H3,(H,11,14);2,4,11H,3H2,1H3,(H,10,13)/b15-10-;;;;. The molecule has 0 saturated heterocycles. The number of nitrogens with one attached hydrogen (secondary N) is 11. The highest BCUT2D eigenvalue weighted by atomic mass is 79.9. The number of amides is 10. The second-order valence-electron chi connectivity index (χ2n) is 21.4. The smallest absolute Gasteiger partial charge is 0.267 e. The third kappa shape index (κ3) is 17.2. The molecule has 13 N–H and O–H groups in total. The number of hydrogen-bond acceptors (Lipinski definition) is 19. The zero-order valence-electron chi connectivity index (χ0n) is 54.7. The van der Waals surface area contributed by atoms with Crippen LogP contribution in [-0.4, -0.2) is 188 Å². The molecule has 33 heteroatoms. The van der Waals surface area contributed by atoms with Gasteiger partial charge in [-0.25, -0.2) is 4.90 Å². The molecule has 2 aliphatic heterocycles. The molecule has 7 aromatic heterocycles. The molecule has 0 unspecified atom stereocenters. The number of aromatic amines is 5. The second-order valence-corrected chi connectivity index (χ2v) is 22.0. The summed E-state index contributed by atoms with van der Waals surface area (Å²) in [5, 5.41) is 22.7. The number of ketones is 3. The average molecular weight is 1440 g/mol. The number of imide groups is 2. The minimum Gasteiger partial charge on any atom is -0.394 e. The SMILES string of the molecule is CNC(=O)c1cc(-c2oncc2N)c[nH]1.CNC(=O)c1cc(-c2oncc2NC(=O)c2ccccc2)c[nH]1.CNC(=O)c1cc(C(=O)/C(=C/N(C)C)N2C(=O)c3ccccc3C2=O)c[nH]1.CNC(=O)c1cc(C(=O)CBr)c[nH]1.CNC(=O)c1cc(C(=O)CN2C(=O)c3ccccc3C2=O)c[nH]1. The van der Waals surface area contributed by atoms with Crippen molar-refractivity contribution in [2.45, 2.75) is 0 Å². The molecule has 518 valence electrons. The number of fused-ring (bicyclic) bond motifs is 2. The van der Waals surface area contributed by atoms with E-state index >= 15 is 0 Å². The van der Waals surface area contributed by atoms with Gasteiger partial charge in [-0.1, -0.05) is 68.7 Å². The van der Waals surface area contributed by atoms with Crippen LogP contribution in [0.2, 0.25) is 0 Å². The molecule has 0 radical (unpaired) electrons. The second kappa shape index (κ2) is 33.4. The molecular formula is C68H64BrN17O15. The Kier molecular flexibility index (Phi) is 24.2. The maximum Gasteiger partial charge on any atom is 0.267 e. The molecule has 3 aromatic carbocycles. The van der Waals surface area contributed by atoms with E-state index in [1.54, 1.807) is 130 Å². The van der Waals surface area contributed by atoms with Crippen molar-refractivity contribution in [1.29, 1.82) is 0 Å². The topological polar surface area (TPSA) is 461 Å². The Balaban J connectivity index is 0.000000164. The number of nitrogens with two attached hydrogens (primary N) is 1. The Labute approximate surface area is 581 Å². The number of nitrogens with zero attached hydrogens (tertiary/aromatic N) is 5. The lowest BCUT2D eigenvalue weighted by Gasteiger charge is -2.19. The van der Waals surface area contributed by atoms with Gasteiger partial charge in [-0.3, -0.25) is 67.2 Å². The fourth-order valence-corrected chi connectivity index (χ4v) is 9.84. The van der Waals surface area contributed by atoms with E-state index in [2.05, 4.69) is 83.1 Å². The molecule has 0 bridgehead atoms. The number of hydrogen-bond donors (Lipinski definition) is 12. The van der Waals surface area contributed by atoms with Gasteiger partial charge in [-0.05, 0) is 66.7 Å². The molecular weight excluding hydrogens is 1370 g/mol. The summed E-state index contributed by atoms with van der Waals surface area (Å²) in [6.07, 6.45) is 11.8. The number of Topliss-reactive ketones (excluding diaryl/α,β-unsaturated/α-hetero) is 3. The van der Waals surface area contributed by atoms with Gasteiger partial charge in [0.1, 0.15) is 45.5 Å². The summed E-state index contributed by atoms with van der Waals surface area (Å²) >= 11 is 3.05. The van der Waals surface area contributed by atoms with E-state index in [1.807, 2.05) is 6.07 Å². The van der Waals surface area contributed by atoms with E-state index in [0.29, 0.717) is 73.4 Å². The first-order valence-electron chi connectivity index (χ1n) is 30.0.